The highest BCUT2D eigenvalue weighted by molar-refractivity contribution is 8.18. The molecular formula is C23H22N4O4S. The van der Waals surface area contributed by atoms with Crippen molar-refractivity contribution in [2.75, 3.05) is 14.2 Å². The van der Waals surface area contributed by atoms with E-state index in [4.69, 9.17) is 9.47 Å². The topological polar surface area (TPSA) is 86.9 Å². The number of amides is 1. The molecule has 0 unspecified atom stereocenters. The number of hydrogen-bond donors (Lipinski definition) is 1. The molecule has 0 radical (unpaired) electrons. The van der Waals surface area contributed by atoms with Crippen LogP contribution < -0.4 is 20.3 Å². The Morgan fingerprint density at radius 1 is 1.03 bits per heavy atom. The van der Waals surface area contributed by atoms with Gasteiger partial charge in [-0.05, 0) is 54.6 Å². The zero-order valence-electron chi connectivity index (χ0n) is 18.1. The maximum absolute atomic E-state index is 13.1. The first-order valence-electron chi connectivity index (χ1n) is 9.78. The Balaban J connectivity index is 1.66. The number of ether oxygens (including phenoxy) is 2. The molecule has 32 heavy (non-hydrogen) atoms. The minimum absolute atomic E-state index is 0.254. The second kappa shape index (κ2) is 8.80. The van der Waals surface area contributed by atoms with Gasteiger partial charge in [0.05, 0.1) is 30.5 Å². The molecule has 4 rings (SSSR count). The lowest BCUT2D eigenvalue weighted by molar-refractivity contribution is -0.115. The van der Waals surface area contributed by atoms with Crippen LogP contribution >= 0.6 is 11.8 Å². The van der Waals surface area contributed by atoms with Crippen molar-refractivity contribution < 1.29 is 14.3 Å². The molecule has 0 atom stereocenters. The van der Waals surface area contributed by atoms with Gasteiger partial charge < -0.3 is 14.8 Å². The molecule has 3 aromatic rings. The van der Waals surface area contributed by atoms with E-state index in [0.717, 1.165) is 11.3 Å². The third-order valence-corrected chi connectivity index (χ3v) is 6.00. The summed E-state index contributed by atoms with van der Waals surface area (Å²) in [6.45, 7) is 1.82. The zero-order chi connectivity index (χ0) is 22.8. The highest BCUT2D eigenvalue weighted by Gasteiger charge is 2.26. The second-order valence-corrected chi connectivity index (χ2v) is 8.04. The highest BCUT2D eigenvalue weighted by atomic mass is 32.2. The first-order valence-corrected chi connectivity index (χ1v) is 10.6. The van der Waals surface area contributed by atoms with Crippen molar-refractivity contribution >= 4 is 34.6 Å². The van der Waals surface area contributed by atoms with E-state index in [9.17, 15) is 9.59 Å². The fourth-order valence-corrected chi connectivity index (χ4v) is 4.19. The van der Waals surface area contributed by atoms with Crippen molar-refractivity contribution in [3.63, 3.8) is 0 Å². The number of benzene rings is 2. The number of para-hydroxylation sites is 1. The average molecular weight is 451 g/mol. The molecule has 1 aliphatic rings. The molecule has 1 amide bonds. The second-order valence-electron chi connectivity index (χ2n) is 7.01. The monoisotopic (exact) mass is 450 g/mol. The molecule has 0 bridgehead atoms. The number of aliphatic imine (C=N–C) groups is 1. The van der Waals surface area contributed by atoms with Crippen LogP contribution in [0.3, 0.4) is 0 Å². The molecule has 2 heterocycles. The Labute approximate surface area is 189 Å². The Kier molecular flexibility index (Phi) is 5.91. The molecule has 2 aromatic carbocycles. The Bertz CT molecular complexity index is 1310. The van der Waals surface area contributed by atoms with E-state index >= 15 is 0 Å². The van der Waals surface area contributed by atoms with E-state index < -0.39 is 0 Å². The summed E-state index contributed by atoms with van der Waals surface area (Å²) in [4.78, 5) is 30.5. The lowest BCUT2D eigenvalue weighted by Gasteiger charge is -2.07. The lowest BCUT2D eigenvalue weighted by atomic mass is 10.2. The van der Waals surface area contributed by atoms with Gasteiger partial charge in [-0.15, -0.1) is 0 Å². The fraction of sp³-hybridized carbons (Fsp3) is 0.174. The number of nitrogens with zero attached hydrogens (tertiary/aromatic N) is 3. The third kappa shape index (κ3) is 3.94. The van der Waals surface area contributed by atoms with Crippen molar-refractivity contribution in [2.24, 2.45) is 12.0 Å². The summed E-state index contributed by atoms with van der Waals surface area (Å²) < 4.78 is 13.9. The molecule has 8 nitrogen and oxygen atoms in total. The maximum Gasteiger partial charge on any atom is 0.297 e. The predicted molar refractivity (Wildman–Crippen MR) is 126 cm³/mol. The molecule has 1 N–H and O–H groups in total. The van der Waals surface area contributed by atoms with E-state index in [2.05, 4.69) is 10.3 Å². The van der Waals surface area contributed by atoms with Crippen LogP contribution in [0.15, 0.2) is 63.2 Å². The number of carbonyl (C=O) groups excluding carboxylic acids is 1. The summed E-state index contributed by atoms with van der Waals surface area (Å²) in [7, 11) is 4.92. The molecule has 1 aliphatic heterocycles. The van der Waals surface area contributed by atoms with Crippen molar-refractivity contribution in [3.05, 3.63) is 75.0 Å². The highest BCUT2D eigenvalue weighted by Crippen LogP contribution is 2.32. The van der Waals surface area contributed by atoms with E-state index in [1.54, 1.807) is 48.8 Å². The van der Waals surface area contributed by atoms with E-state index in [1.807, 2.05) is 43.3 Å². The van der Waals surface area contributed by atoms with Gasteiger partial charge in [-0.3, -0.25) is 14.3 Å². The van der Waals surface area contributed by atoms with Crippen LogP contribution in [0.25, 0.3) is 11.8 Å². The van der Waals surface area contributed by atoms with Gasteiger partial charge in [0.25, 0.3) is 11.5 Å². The number of methoxy groups -OCH3 is 2. The van der Waals surface area contributed by atoms with Crippen molar-refractivity contribution in [3.8, 4) is 17.2 Å². The number of thioether (sulfide) groups is 1. The molecule has 1 saturated heterocycles. The van der Waals surface area contributed by atoms with Crippen LogP contribution in [-0.2, 0) is 11.8 Å². The number of hydrogen-bond acceptors (Lipinski definition) is 6. The van der Waals surface area contributed by atoms with Gasteiger partial charge in [0, 0.05) is 7.05 Å². The van der Waals surface area contributed by atoms with Crippen LogP contribution in [-0.4, -0.2) is 34.7 Å². The fourth-order valence-electron chi connectivity index (χ4n) is 3.36. The van der Waals surface area contributed by atoms with E-state index in [-0.39, 0.29) is 17.2 Å². The average Bonchev–Trinajstić information content (AvgIpc) is 3.25. The number of amidine groups is 1. The zero-order valence-corrected chi connectivity index (χ0v) is 18.9. The van der Waals surface area contributed by atoms with Crippen LogP contribution in [0.5, 0.6) is 11.5 Å². The summed E-state index contributed by atoms with van der Waals surface area (Å²) in [5, 5.41) is 3.09. The van der Waals surface area contributed by atoms with Crippen LogP contribution in [0.2, 0.25) is 0 Å². The van der Waals surface area contributed by atoms with Gasteiger partial charge >= 0.3 is 0 Å². The summed E-state index contributed by atoms with van der Waals surface area (Å²) in [5.41, 5.74) is 2.25. The summed E-state index contributed by atoms with van der Waals surface area (Å²) in [6.07, 6.45) is 1.74. The van der Waals surface area contributed by atoms with Crippen molar-refractivity contribution in [1.29, 1.82) is 0 Å². The molecule has 9 heteroatoms. The number of rotatable bonds is 5. The SMILES string of the molecule is COc1ccc(/C=C2\SC(=Nc3c(C)n(C)n(-c4ccccc4)c3=O)NC2=O)cc1OC. The molecule has 0 spiro atoms. The molecule has 0 aliphatic carbocycles. The molecule has 164 valence electrons. The van der Waals surface area contributed by atoms with Crippen LogP contribution in [0, 0.1) is 6.92 Å². The van der Waals surface area contributed by atoms with E-state index in [0.29, 0.717) is 27.3 Å². The van der Waals surface area contributed by atoms with Crippen LogP contribution in [0.1, 0.15) is 11.3 Å². The molecule has 0 saturated carbocycles. The van der Waals surface area contributed by atoms with Crippen molar-refractivity contribution in [2.45, 2.75) is 6.92 Å². The van der Waals surface area contributed by atoms with Crippen molar-refractivity contribution in [1.82, 2.24) is 14.7 Å². The quantitative estimate of drug-likeness (QED) is 0.602. The van der Waals surface area contributed by atoms with Gasteiger partial charge in [0.1, 0.15) is 0 Å². The van der Waals surface area contributed by atoms with Gasteiger partial charge in [0.2, 0.25) is 0 Å². The maximum atomic E-state index is 13.1. The number of carbonyl (C=O) groups is 1. The number of aromatic nitrogens is 2. The summed E-state index contributed by atoms with van der Waals surface area (Å²) in [6, 6.07) is 14.7. The first kappa shape index (κ1) is 21.5. The Hall–Kier alpha value is -3.72. The van der Waals surface area contributed by atoms with Gasteiger partial charge in [0.15, 0.2) is 22.4 Å². The van der Waals surface area contributed by atoms with Gasteiger partial charge in [-0.25, -0.2) is 9.67 Å². The van der Waals surface area contributed by atoms with Crippen LogP contribution in [0.4, 0.5) is 5.69 Å². The third-order valence-electron chi connectivity index (χ3n) is 5.09. The standard InChI is InChI=1S/C23H22N4O4S/c1-14-20(22(29)27(26(14)2)16-8-6-5-7-9-16)24-23-25-21(28)19(32-23)13-15-10-11-17(30-3)18(12-15)31-4/h5-13H,1-4H3,(H,24,25,28)/b19-13-. The lowest BCUT2D eigenvalue weighted by Crippen LogP contribution is -2.21. The molecular weight excluding hydrogens is 428 g/mol. The Morgan fingerprint density at radius 2 is 1.75 bits per heavy atom. The van der Waals surface area contributed by atoms with Gasteiger partial charge in [-0.2, -0.15) is 0 Å². The van der Waals surface area contributed by atoms with E-state index in [1.165, 1.54) is 11.8 Å². The summed E-state index contributed by atoms with van der Waals surface area (Å²) in [5.74, 6) is 0.899. The normalized spacial score (nSPS) is 15.9. The summed E-state index contributed by atoms with van der Waals surface area (Å²) >= 11 is 1.18. The van der Waals surface area contributed by atoms with Gasteiger partial charge in [-0.1, -0.05) is 24.3 Å². The Morgan fingerprint density at radius 3 is 2.44 bits per heavy atom. The predicted octanol–water partition coefficient (Wildman–Crippen LogP) is 3.39. The smallest absolute Gasteiger partial charge is 0.297 e. The molecule has 1 aromatic heterocycles. The number of nitrogens with one attached hydrogen (secondary N) is 1. The molecule has 1 fully saturated rings. The minimum atomic E-state index is -0.277. The minimum Gasteiger partial charge on any atom is -0.493 e. The largest absolute Gasteiger partial charge is 0.493 e. The first-order chi connectivity index (χ1) is 15.4.